The van der Waals surface area contributed by atoms with Crippen LogP contribution in [0.1, 0.15) is 45.6 Å². The molecule has 1 aliphatic rings. The van der Waals surface area contributed by atoms with Crippen LogP contribution in [0, 0.1) is 5.41 Å². The maximum Gasteiger partial charge on any atom is 0.233 e. The van der Waals surface area contributed by atoms with Crippen molar-refractivity contribution in [1.29, 1.82) is 0 Å². The van der Waals surface area contributed by atoms with Crippen LogP contribution in [0.25, 0.3) is 0 Å². The van der Waals surface area contributed by atoms with Crippen LogP contribution in [0.15, 0.2) is 30.3 Å². The number of likely N-dealkylation sites (tertiary alicyclic amines) is 1. The summed E-state index contributed by atoms with van der Waals surface area (Å²) in [5.74, 6) is 0.274. The second kappa shape index (κ2) is 7.47. The van der Waals surface area contributed by atoms with Crippen molar-refractivity contribution in [2.45, 2.75) is 45.4 Å². The van der Waals surface area contributed by atoms with Crippen molar-refractivity contribution < 1.29 is 4.79 Å². The zero-order chi connectivity index (χ0) is 15.5. The molecule has 2 N–H and O–H groups in total. The smallest absolute Gasteiger partial charge is 0.233 e. The summed E-state index contributed by atoms with van der Waals surface area (Å²) in [6.07, 6.45) is 2.68. The first-order valence-electron chi connectivity index (χ1n) is 8.06. The Morgan fingerprint density at radius 1 is 1.27 bits per heavy atom. The molecule has 1 aliphatic heterocycles. The van der Waals surface area contributed by atoms with Gasteiger partial charge in [-0.05, 0) is 36.8 Å². The fourth-order valence-electron chi connectivity index (χ4n) is 3.51. The largest absolute Gasteiger partial charge is 0.341 e. The van der Waals surface area contributed by atoms with E-state index in [4.69, 9.17) is 5.73 Å². The van der Waals surface area contributed by atoms with Crippen molar-refractivity contribution in [2.24, 2.45) is 11.1 Å². The van der Waals surface area contributed by atoms with Gasteiger partial charge in [0.1, 0.15) is 0 Å². The van der Waals surface area contributed by atoms with Crippen LogP contribution < -0.4 is 5.73 Å². The molecule has 1 saturated heterocycles. The lowest BCUT2D eigenvalue weighted by Gasteiger charge is -2.35. The molecule has 1 amide bonds. The number of halogens is 1. The first-order chi connectivity index (χ1) is 10.0. The van der Waals surface area contributed by atoms with Crippen molar-refractivity contribution in [3.63, 3.8) is 0 Å². The van der Waals surface area contributed by atoms with Gasteiger partial charge in [-0.2, -0.15) is 0 Å². The SMILES string of the molecule is CCC(CC)(C(=O)N1CCC(C)(CN)C1)c1ccccc1.Cl. The molecule has 22 heavy (non-hydrogen) atoms. The number of hydrogen-bond acceptors (Lipinski definition) is 2. The molecular formula is C18H29ClN2O. The van der Waals surface area contributed by atoms with Crippen LogP contribution >= 0.6 is 12.4 Å². The Kier molecular flexibility index (Phi) is 6.45. The molecule has 0 radical (unpaired) electrons. The van der Waals surface area contributed by atoms with Crippen molar-refractivity contribution in [2.75, 3.05) is 19.6 Å². The first kappa shape index (κ1) is 19.0. The molecule has 0 aliphatic carbocycles. The lowest BCUT2D eigenvalue weighted by Crippen LogP contribution is -2.46. The number of nitrogens with two attached hydrogens (primary N) is 1. The Hall–Kier alpha value is -1.06. The highest BCUT2D eigenvalue weighted by molar-refractivity contribution is 5.88. The molecule has 1 atom stereocenters. The van der Waals surface area contributed by atoms with E-state index in [1.54, 1.807) is 0 Å². The Balaban J connectivity index is 0.00000242. The lowest BCUT2D eigenvalue weighted by molar-refractivity contribution is -0.137. The van der Waals surface area contributed by atoms with E-state index in [-0.39, 0.29) is 29.1 Å². The average Bonchev–Trinajstić information content (AvgIpc) is 2.93. The van der Waals surface area contributed by atoms with Gasteiger partial charge in [0.15, 0.2) is 0 Å². The van der Waals surface area contributed by atoms with Crippen molar-refractivity contribution >= 4 is 18.3 Å². The summed E-state index contributed by atoms with van der Waals surface area (Å²) in [4.78, 5) is 15.3. The molecular weight excluding hydrogens is 296 g/mol. The maximum absolute atomic E-state index is 13.2. The van der Waals surface area contributed by atoms with Crippen molar-refractivity contribution in [3.8, 4) is 0 Å². The Labute approximate surface area is 140 Å². The minimum Gasteiger partial charge on any atom is -0.341 e. The van der Waals surface area contributed by atoms with E-state index >= 15 is 0 Å². The van der Waals surface area contributed by atoms with Crippen molar-refractivity contribution in [1.82, 2.24) is 4.90 Å². The second-order valence-corrected chi connectivity index (χ2v) is 6.65. The van der Waals surface area contributed by atoms with E-state index in [0.29, 0.717) is 6.54 Å². The molecule has 4 heteroatoms. The molecule has 124 valence electrons. The first-order valence-corrected chi connectivity index (χ1v) is 8.06. The highest BCUT2D eigenvalue weighted by atomic mass is 35.5. The third-order valence-electron chi connectivity index (χ3n) is 5.28. The number of carbonyl (C=O) groups excluding carboxylic acids is 1. The minimum atomic E-state index is -0.388. The van der Waals surface area contributed by atoms with Gasteiger partial charge in [0.2, 0.25) is 5.91 Å². The normalized spacial score (nSPS) is 21.5. The average molecular weight is 325 g/mol. The minimum absolute atomic E-state index is 0. The summed E-state index contributed by atoms with van der Waals surface area (Å²) in [5, 5.41) is 0. The van der Waals surface area contributed by atoms with Gasteiger partial charge in [0.05, 0.1) is 5.41 Å². The third kappa shape index (κ3) is 3.31. The fraction of sp³-hybridized carbons (Fsp3) is 0.611. The highest BCUT2D eigenvalue weighted by Gasteiger charge is 2.44. The third-order valence-corrected chi connectivity index (χ3v) is 5.28. The van der Waals surface area contributed by atoms with Crippen molar-refractivity contribution in [3.05, 3.63) is 35.9 Å². The molecule has 1 aromatic rings. The number of benzene rings is 1. The molecule has 1 heterocycles. The Morgan fingerprint density at radius 3 is 2.32 bits per heavy atom. The topological polar surface area (TPSA) is 46.3 Å². The summed E-state index contributed by atoms with van der Waals surface area (Å²) in [5.41, 5.74) is 6.71. The molecule has 1 aromatic carbocycles. The summed E-state index contributed by atoms with van der Waals surface area (Å²) in [6.45, 7) is 8.69. The van der Waals surface area contributed by atoms with Gasteiger partial charge in [-0.3, -0.25) is 4.79 Å². The molecule has 0 bridgehead atoms. The molecule has 0 spiro atoms. The highest BCUT2D eigenvalue weighted by Crippen LogP contribution is 2.37. The lowest BCUT2D eigenvalue weighted by atomic mass is 9.74. The molecule has 1 fully saturated rings. The monoisotopic (exact) mass is 324 g/mol. The predicted molar refractivity (Wildman–Crippen MR) is 94.3 cm³/mol. The predicted octanol–water partition coefficient (Wildman–Crippen LogP) is 3.36. The van der Waals surface area contributed by atoms with E-state index < -0.39 is 0 Å². The zero-order valence-corrected chi connectivity index (χ0v) is 14.8. The maximum atomic E-state index is 13.2. The Bertz CT molecular complexity index is 487. The Morgan fingerprint density at radius 2 is 1.86 bits per heavy atom. The molecule has 0 aromatic heterocycles. The molecule has 3 nitrogen and oxygen atoms in total. The van der Waals surface area contributed by atoms with Crippen LogP contribution in [0.5, 0.6) is 0 Å². The fourth-order valence-corrected chi connectivity index (χ4v) is 3.51. The van der Waals surface area contributed by atoms with Gasteiger partial charge in [0, 0.05) is 13.1 Å². The van der Waals surface area contributed by atoms with E-state index in [2.05, 4.69) is 32.9 Å². The van der Waals surface area contributed by atoms with Gasteiger partial charge >= 0.3 is 0 Å². The van der Waals surface area contributed by atoms with E-state index in [1.807, 2.05) is 23.1 Å². The number of hydrogen-bond donors (Lipinski definition) is 1. The number of nitrogens with zero attached hydrogens (tertiary/aromatic N) is 1. The molecule has 1 unspecified atom stereocenters. The van der Waals surface area contributed by atoms with E-state index in [9.17, 15) is 4.79 Å². The van der Waals surface area contributed by atoms with Gasteiger partial charge in [-0.15, -0.1) is 12.4 Å². The van der Waals surface area contributed by atoms with Crippen LogP contribution in [-0.4, -0.2) is 30.4 Å². The quantitative estimate of drug-likeness (QED) is 0.902. The number of carbonyl (C=O) groups is 1. The van der Waals surface area contributed by atoms with E-state index in [0.717, 1.165) is 37.9 Å². The van der Waals surface area contributed by atoms with Gasteiger partial charge in [0.25, 0.3) is 0 Å². The summed E-state index contributed by atoms with van der Waals surface area (Å²) in [6, 6.07) is 10.2. The number of rotatable bonds is 5. The van der Waals surface area contributed by atoms with Crippen LogP contribution in [0.2, 0.25) is 0 Å². The zero-order valence-electron chi connectivity index (χ0n) is 14.0. The van der Waals surface area contributed by atoms with Crippen LogP contribution in [0.4, 0.5) is 0 Å². The summed E-state index contributed by atoms with van der Waals surface area (Å²) >= 11 is 0. The summed E-state index contributed by atoms with van der Waals surface area (Å²) < 4.78 is 0. The van der Waals surface area contributed by atoms with Crippen LogP contribution in [-0.2, 0) is 10.2 Å². The molecule has 0 saturated carbocycles. The van der Waals surface area contributed by atoms with Gasteiger partial charge in [-0.1, -0.05) is 51.1 Å². The van der Waals surface area contributed by atoms with Crippen LogP contribution in [0.3, 0.4) is 0 Å². The standard InChI is InChI=1S/C18H28N2O.ClH/c1-4-18(5-2,15-9-7-6-8-10-15)16(21)20-12-11-17(3,13-19)14-20;/h6-10H,4-5,11-14,19H2,1-3H3;1H. The second-order valence-electron chi connectivity index (χ2n) is 6.65. The van der Waals surface area contributed by atoms with Gasteiger partial charge in [-0.25, -0.2) is 0 Å². The molecule has 2 rings (SSSR count). The summed E-state index contributed by atoms with van der Waals surface area (Å²) in [7, 11) is 0. The number of amides is 1. The van der Waals surface area contributed by atoms with E-state index in [1.165, 1.54) is 0 Å². The van der Waals surface area contributed by atoms with Gasteiger partial charge < -0.3 is 10.6 Å².